The van der Waals surface area contributed by atoms with E-state index in [1.54, 1.807) is 6.21 Å². The zero-order valence-corrected chi connectivity index (χ0v) is 12.8. The Labute approximate surface area is 129 Å². The van der Waals surface area contributed by atoms with E-state index in [0.717, 1.165) is 17.4 Å². The van der Waals surface area contributed by atoms with Gasteiger partial charge >= 0.3 is 0 Å². The topological polar surface area (TPSA) is 36.4 Å². The predicted molar refractivity (Wildman–Crippen MR) is 87.2 cm³/mol. The zero-order valence-electron chi connectivity index (χ0n) is 11.2. The van der Waals surface area contributed by atoms with Crippen molar-refractivity contribution in [2.45, 2.75) is 31.7 Å². The number of hydrazone groups is 1. The van der Waals surface area contributed by atoms with Gasteiger partial charge in [0.25, 0.3) is 0 Å². The van der Waals surface area contributed by atoms with Crippen LogP contribution in [0, 0.1) is 11.8 Å². The zero-order chi connectivity index (χ0) is 13.9. The molecule has 0 spiro atoms. The van der Waals surface area contributed by atoms with Gasteiger partial charge in [-0.05, 0) is 49.4 Å². The van der Waals surface area contributed by atoms with Crippen LogP contribution < -0.4 is 10.7 Å². The third-order valence-corrected chi connectivity index (χ3v) is 4.88. The Hall–Kier alpha value is -1.13. The number of benzene rings is 1. The Bertz CT molecular complexity index is 532. The molecule has 0 aliphatic heterocycles. The summed E-state index contributed by atoms with van der Waals surface area (Å²) in [7, 11) is 0. The highest BCUT2D eigenvalue weighted by molar-refractivity contribution is 7.80. The molecule has 0 unspecified atom stereocenters. The Morgan fingerprint density at radius 2 is 2.15 bits per heavy atom. The molecule has 3 atom stereocenters. The summed E-state index contributed by atoms with van der Waals surface area (Å²) >= 11 is 11.3. The first-order valence-electron chi connectivity index (χ1n) is 7.06. The van der Waals surface area contributed by atoms with Crippen LogP contribution in [0.15, 0.2) is 29.4 Å². The first-order valence-corrected chi connectivity index (χ1v) is 7.85. The molecule has 2 fully saturated rings. The highest BCUT2D eigenvalue weighted by Crippen LogP contribution is 2.44. The molecule has 20 heavy (non-hydrogen) atoms. The van der Waals surface area contributed by atoms with Gasteiger partial charge in [-0.2, -0.15) is 5.10 Å². The van der Waals surface area contributed by atoms with Crippen LogP contribution in [0.4, 0.5) is 0 Å². The quantitative estimate of drug-likeness (QED) is 0.511. The summed E-state index contributed by atoms with van der Waals surface area (Å²) in [4.78, 5) is 0. The van der Waals surface area contributed by atoms with Crippen molar-refractivity contribution >= 4 is 35.1 Å². The molecule has 2 bridgehead atoms. The maximum Gasteiger partial charge on any atom is 0.187 e. The number of nitrogens with one attached hydrogen (secondary N) is 2. The Morgan fingerprint density at radius 3 is 2.85 bits per heavy atom. The highest BCUT2D eigenvalue weighted by atomic mass is 35.5. The van der Waals surface area contributed by atoms with E-state index in [4.69, 9.17) is 23.8 Å². The number of thiocarbonyl (C=S) groups is 1. The lowest BCUT2D eigenvalue weighted by Gasteiger charge is -2.23. The van der Waals surface area contributed by atoms with E-state index in [1.807, 2.05) is 24.3 Å². The number of fused-ring (bicyclic) bond motifs is 2. The first-order chi connectivity index (χ1) is 9.72. The summed E-state index contributed by atoms with van der Waals surface area (Å²) in [6.07, 6.45) is 7.04. The van der Waals surface area contributed by atoms with Crippen molar-refractivity contribution in [3.05, 3.63) is 34.9 Å². The number of rotatable bonds is 3. The molecular weight excluding hydrogens is 290 g/mol. The van der Waals surface area contributed by atoms with Crippen molar-refractivity contribution in [3.63, 3.8) is 0 Å². The van der Waals surface area contributed by atoms with Crippen molar-refractivity contribution in [3.8, 4) is 0 Å². The minimum atomic E-state index is 0.532. The Kier molecular flexibility index (Phi) is 4.22. The number of hydrogen-bond donors (Lipinski definition) is 2. The van der Waals surface area contributed by atoms with E-state index >= 15 is 0 Å². The lowest BCUT2D eigenvalue weighted by Crippen LogP contribution is -2.42. The number of halogens is 1. The minimum absolute atomic E-state index is 0.532. The second-order valence-corrected chi connectivity index (χ2v) is 6.46. The highest BCUT2D eigenvalue weighted by Gasteiger charge is 2.39. The van der Waals surface area contributed by atoms with Gasteiger partial charge in [-0.3, -0.25) is 5.43 Å². The van der Waals surface area contributed by atoms with E-state index in [9.17, 15) is 0 Å². The normalized spacial score (nSPS) is 27.9. The Balaban J connectivity index is 1.49. The monoisotopic (exact) mass is 307 g/mol. The molecule has 2 aliphatic rings. The van der Waals surface area contributed by atoms with Gasteiger partial charge in [0.1, 0.15) is 0 Å². The molecule has 2 saturated carbocycles. The van der Waals surface area contributed by atoms with E-state index in [2.05, 4.69) is 15.8 Å². The summed E-state index contributed by atoms with van der Waals surface area (Å²) in [6.45, 7) is 0. The maximum atomic E-state index is 6.05. The van der Waals surface area contributed by atoms with Gasteiger partial charge in [-0.25, -0.2) is 0 Å². The molecule has 106 valence electrons. The van der Waals surface area contributed by atoms with E-state index < -0.39 is 0 Å². The fraction of sp³-hybridized carbons (Fsp3) is 0.467. The molecule has 5 heteroatoms. The summed E-state index contributed by atoms with van der Waals surface area (Å²) in [5, 5.41) is 8.82. The van der Waals surface area contributed by atoms with Crippen molar-refractivity contribution in [1.82, 2.24) is 10.7 Å². The van der Waals surface area contributed by atoms with Crippen molar-refractivity contribution in [1.29, 1.82) is 0 Å². The molecule has 0 radical (unpaired) electrons. The first kappa shape index (κ1) is 13.8. The van der Waals surface area contributed by atoms with Crippen LogP contribution in [0.5, 0.6) is 0 Å². The SMILES string of the molecule is S=C(N/N=C\c1ccccc1Cl)N[C@@H]1C[C@H]2CC[C@@H]1C2. The molecule has 3 nitrogen and oxygen atoms in total. The van der Waals surface area contributed by atoms with Crippen LogP contribution in [0.2, 0.25) is 5.02 Å². The van der Waals surface area contributed by atoms with Gasteiger partial charge in [0.15, 0.2) is 5.11 Å². The van der Waals surface area contributed by atoms with Gasteiger partial charge < -0.3 is 5.32 Å². The molecule has 2 N–H and O–H groups in total. The lowest BCUT2D eigenvalue weighted by atomic mass is 9.96. The van der Waals surface area contributed by atoms with Gasteiger partial charge in [0, 0.05) is 16.6 Å². The van der Waals surface area contributed by atoms with E-state index in [0.29, 0.717) is 16.2 Å². The van der Waals surface area contributed by atoms with Gasteiger partial charge in [-0.1, -0.05) is 36.2 Å². The number of hydrogen-bond acceptors (Lipinski definition) is 2. The lowest BCUT2D eigenvalue weighted by molar-refractivity contribution is 0.389. The molecule has 1 aromatic rings. The number of nitrogens with zero attached hydrogens (tertiary/aromatic N) is 1. The van der Waals surface area contributed by atoms with Crippen LogP contribution in [0.3, 0.4) is 0 Å². The molecule has 0 amide bonds. The predicted octanol–water partition coefficient (Wildman–Crippen LogP) is 3.33. The maximum absolute atomic E-state index is 6.05. The smallest absolute Gasteiger partial charge is 0.187 e. The summed E-state index contributed by atoms with van der Waals surface area (Å²) in [5.74, 6) is 1.71. The Morgan fingerprint density at radius 1 is 1.30 bits per heavy atom. The van der Waals surface area contributed by atoms with Crippen LogP contribution >= 0.6 is 23.8 Å². The van der Waals surface area contributed by atoms with Gasteiger partial charge in [0.2, 0.25) is 0 Å². The average molecular weight is 308 g/mol. The molecule has 2 aliphatic carbocycles. The molecule has 3 rings (SSSR count). The minimum Gasteiger partial charge on any atom is -0.358 e. The standard InChI is InChI=1S/C15H18ClN3S/c16-13-4-2-1-3-12(13)9-17-19-15(20)18-14-8-10-5-6-11(14)7-10/h1-4,9-11,14H,5-8H2,(H2,18,19,20)/b17-9-/t10-,11+,14+/m0/s1. The second-order valence-electron chi connectivity index (χ2n) is 5.65. The second kappa shape index (κ2) is 6.10. The van der Waals surface area contributed by atoms with Crippen molar-refractivity contribution in [2.75, 3.05) is 0 Å². The van der Waals surface area contributed by atoms with Gasteiger partial charge in [0.05, 0.1) is 6.21 Å². The molecular formula is C15H18ClN3S. The fourth-order valence-electron chi connectivity index (χ4n) is 3.36. The van der Waals surface area contributed by atoms with Crippen molar-refractivity contribution in [2.24, 2.45) is 16.9 Å². The molecule has 1 aromatic carbocycles. The van der Waals surface area contributed by atoms with Crippen LogP contribution in [0.25, 0.3) is 0 Å². The molecule has 0 aromatic heterocycles. The van der Waals surface area contributed by atoms with Crippen LogP contribution in [-0.2, 0) is 0 Å². The molecule has 0 heterocycles. The summed E-state index contributed by atoms with van der Waals surface area (Å²) < 4.78 is 0. The van der Waals surface area contributed by atoms with E-state index in [1.165, 1.54) is 25.7 Å². The van der Waals surface area contributed by atoms with E-state index in [-0.39, 0.29) is 0 Å². The van der Waals surface area contributed by atoms with Gasteiger partial charge in [-0.15, -0.1) is 0 Å². The van der Waals surface area contributed by atoms with Crippen LogP contribution in [-0.4, -0.2) is 17.4 Å². The largest absolute Gasteiger partial charge is 0.358 e. The third-order valence-electron chi connectivity index (χ3n) is 4.33. The fourth-order valence-corrected chi connectivity index (χ4v) is 3.75. The third kappa shape index (κ3) is 3.13. The van der Waals surface area contributed by atoms with Crippen LogP contribution in [0.1, 0.15) is 31.2 Å². The van der Waals surface area contributed by atoms with Crippen molar-refractivity contribution < 1.29 is 0 Å². The average Bonchev–Trinajstić information content (AvgIpc) is 3.03. The summed E-state index contributed by atoms with van der Waals surface area (Å²) in [6, 6.07) is 8.12. The molecule has 0 saturated heterocycles. The summed E-state index contributed by atoms with van der Waals surface area (Å²) in [5.41, 5.74) is 3.75.